The lowest BCUT2D eigenvalue weighted by Crippen LogP contribution is -2.01. The van der Waals surface area contributed by atoms with Crippen molar-refractivity contribution in [3.63, 3.8) is 0 Å². The average molecular weight is 233 g/mol. The highest BCUT2D eigenvalue weighted by atomic mass is 19.1. The minimum Gasteiger partial charge on any atom is -0.477 e. The third kappa shape index (κ3) is 2.57. The Morgan fingerprint density at radius 2 is 1.94 bits per heavy atom. The van der Waals surface area contributed by atoms with E-state index in [-0.39, 0.29) is 17.3 Å². The lowest BCUT2D eigenvalue weighted by atomic mass is 10.3. The van der Waals surface area contributed by atoms with E-state index in [1.165, 1.54) is 36.4 Å². The van der Waals surface area contributed by atoms with Gasteiger partial charge >= 0.3 is 5.97 Å². The molecule has 2 rings (SSSR count). The summed E-state index contributed by atoms with van der Waals surface area (Å²) >= 11 is 0. The van der Waals surface area contributed by atoms with Crippen LogP contribution in [-0.2, 0) is 0 Å². The standard InChI is InChI=1S/C12H8FNO3/c13-8-4-1-2-6-10(8)17-11-7-3-5-9(14-11)12(15)16/h1-7H,(H,15,16). The predicted molar refractivity (Wildman–Crippen MR) is 57.7 cm³/mol. The number of hydrogen-bond acceptors (Lipinski definition) is 3. The SMILES string of the molecule is O=C(O)c1cccc(Oc2ccccc2F)n1. The number of pyridine rings is 1. The summed E-state index contributed by atoms with van der Waals surface area (Å²) in [7, 11) is 0. The van der Waals surface area contributed by atoms with E-state index in [0.717, 1.165) is 0 Å². The van der Waals surface area contributed by atoms with Gasteiger partial charge in [0.25, 0.3) is 0 Å². The predicted octanol–water partition coefficient (Wildman–Crippen LogP) is 2.71. The molecule has 0 radical (unpaired) electrons. The quantitative estimate of drug-likeness (QED) is 0.885. The Hall–Kier alpha value is -2.43. The highest BCUT2D eigenvalue weighted by Gasteiger charge is 2.08. The summed E-state index contributed by atoms with van der Waals surface area (Å²) in [4.78, 5) is 14.4. The highest BCUT2D eigenvalue weighted by Crippen LogP contribution is 2.22. The highest BCUT2D eigenvalue weighted by molar-refractivity contribution is 5.85. The molecule has 1 aromatic heterocycles. The Morgan fingerprint density at radius 3 is 2.65 bits per heavy atom. The normalized spacial score (nSPS) is 9.94. The summed E-state index contributed by atoms with van der Waals surface area (Å²) in [6, 6.07) is 10.1. The van der Waals surface area contributed by atoms with E-state index >= 15 is 0 Å². The first kappa shape index (κ1) is 11.1. The second-order valence-corrected chi connectivity index (χ2v) is 3.20. The molecule has 0 saturated carbocycles. The molecule has 1 aromatic carbocycles. The fraction of sp³-hybridized carbons (Fsp3) is 0. The number of rotatable bonds is 3. The second kappa shape index (κ2) is 4.61. The van der Waals surface area contributed by atoms with Crippen molar-refractivity contribution in [1.29, 1.82) is 0 Å². The minimum absolute atomic E-state index is 0.00235. The maximum Gasteiger partial charge on any atom is 0.354 e. The fourth-order valence-electron chi connectivity index (χ4n) is 1.23. The summed E-state index contributed by atoms with van der Waals surface area (Å²) in [6.07, 6.45) is 0. The number of nitrogens with zero attached hydrogens (tertiary/aromatic N) is 1. The van der Waals surface area contributed by atoms with E-state index in [1.54, 1.807) is 6.07 Å². The Kier molecular flexibility index (Phi) is 3.00. The molecule has 0 amide bonds. The van der Waals surface area contributed by atoms with Crippen molar-refractivity contribution in [2.24, 2.45) is 0 Å². The van der Waals surface area contributed by atoms with Crippen molar-refractivity contribution in [2.75, 3.05) is 0 Å². The van der Waals surface area contributed by atoms with Crippen LogP contribution in [0.25, 0.3) is 0 Å². The van der Waals surface area contributed by atoms with Crippen molar-refractivity contribution in [1.82, 2.24) is 4.98 Å². The van der Waals surface area contributed by atoms with Gasteiger partial charge in [0.2, 0.25) is 5.88 Å². The van der Waals surface area contributed by atoms with Crippen LogP contribution in [-0.4, -0.2) is 16.1 Å². The van der Waals surface area contributed by atoms with E-state index in [0.29, 0.717) is 0 Å². The van der Waals surface area contributed by atoms with Crippen LogP contribution in [0.1, 0.15) is 10.5 Å². The van der Waals surface area contributed by atoms with Crippen LogP contribution in [0.2, 0.25) is 0 Å². The molecular formula is C12H8FNO3. The average Bonchev–Trinajstić information content (AvgIpc) is 2.32. The van der Waals surface area contributed by atoms with E-state index < -0.39 is 11.8 Å². The smallest absolute Gasteiger partial charge is 0.354 e. The zero-order chi connectivity index (χ0) is 12.3. The summed E-state index contributed by atoms with van der Waals surface area (Å²) < 4.78 is 18.4. The molecular weight excluding hydrogens is 225 g/mol. The van der Waals surface area contributed by atoms with E-state index in [2.05, 4.69) is 4.98 Å². The first-order valence-electron chi connectivity index (χ1n) is 4.79. The molecule has 17 heavy (non-hydrogen) atoms. The molecule has 1 N–H and O–H groups in total. The maximum atomic E-state index is 13.3. The van der Waals surface area contributed by atoms with Crippen molar-refractivity contribution in [3.05, 3.63) is 54.0 Å². The van der Waals surface area contributed by atoms with Crippen molar-refractivity contribution in [2.45, 2.75) is 0 Å². The van der Waals surface area contributed by atoms with E-state index in [9.17, 15) is 9.18 Å². The summed E-state index contributed by atoms with van der Waals surface area (Å²) in [5, 5.41) is 8.74. The molecule has 0 spiro atoms. The molecule has 0 bridgehead atoms. The summed E-state index contributed by atoms with van der Waals surface area (Å²) in [6.45, 7) is 0. The Labute approximate surface area is 96.3 Å². The fourth-order valence-corrected chi connectivity index (χ4v) is 1.23. The number of aromatic carboxylic acids is 1. The number of para-hydroxylation sites is 1. The number of ether oxygens (including phenoxy) is 1. The number of halogens is 1. The van der Waals surface area contributed by atoms with Crippen LogP contribution in [0, 0.1) is 5.82 Å². The molecule has 2 aromatic rings. The Balaban J connectivity index is 2.28. The van der Waals surface area contributed by atoms with Gasteiger partial charge in [0.15, 0.2) is 17.3 Å². The largest absolute Gasteiger partial charge is 0.477 e. The molecule has 1 heterocycles. The molecule has 86 valence electrons. The van der Waals surface area contributed by atoms with Crippen LogP contribution in [0.15, 0.2) is 42.5 Å². The Morgan fingerprint density at radius 1 is 1.18 bits per heavy atom. The van der Waals surface area contributed by atoms with Crippen molar-refractivity contribution >= 4 is 5.97 Å². The molecule has 0 saturated heterocycles. The van der Waals surface area contributed by atoms with Gasteiger partial charge in [0, 0.05) is 6.07 Å². The molecule has 0 aliphatic heterocycles. The first-order chi connectivity index (χ1) is 8.16. The van der Waals surface area contributed by atoms with Gasteiger partial charge in [0.1, 0.15) is 0 Å². The second-order valence-electron chi connectivity index (χ2n) is 3.20. The third-order valence-corrected chi connectivity index (χ3v) is 1.99. The molecule has 0 aliphatic rings. The summed E-state index contributed by atoms with van der Waals surface area (Å²) in [5.41, 5.74) is -0.154. The van der Waals surface area contributed by atoms with Crippen LogP contribution in [0.4, 0.5) is 4.39 Å². The topological polar surface area (TPSA) is 59.4 Å². The van der Waals surface area contributed by atoms with Gasteiger partial charge in [-0.3, -0.25) is 0 Å². The van der Waals surface area contributed by atoms with Gasteiger partial charge in [0.05, 0.1) is 0 Å². The van der Waals surface area contributed by atoms with Gasteiger partial charge < -0.3 is 9.84 Å². The Bertz CT molecular complexity index is 557. The van der Waals surface area contributed by atoms with Crippen LogP contribution in [0.3, 0.4) is 0 Å². The molecule has 5 heteroatoms. The van der Waals surface area contributed by atoms with E-state index in [4.69, 9.17) is 9.84 Å². The molecule has 0 fully saturated rings. The first-order valence-corrected chi connectivity index (χ1v) is 4.79. The lowest BCUT2D eigenvalue weighted by Gasteiger charge is -2.05. The van der Waals surface area contributed by atoms with Gasteiger partial charge in [-0.1, -0.05) is 18.2 Å². The number of carboxylic acids is 1. The zero-order valence-electron chi connectivity index (χ0n) is 8.63. The number of benzene rings is 1. The van der Waals surface area contributed by atoms with Gasteiger partial charge in [-0.15, -0.1) is 0 Å². The van der Waals surface area contributed by atoms with Gasteiger partial charge in [-0.25, -0.2) is 14.2 Å². The minimum atomic E-state index is -1.16. The molecule has 0 atom stereocenters. The van der Waals surface area contributed by atoms with Crippen LogP contribution in [0.5, 0.6) is 11.6 Å². The maximum absolute atomic E-state index is 13.3. The van der Waals surface area contributed by atoms with Crippen molar-refractivity contribution < 1.29 is 19.0 Å². The van der Waals surface area contributed by atoms with Gasteiger partial charge in [-0.2, -0.15) is 0 Å². The summed E-state index contributed by atoms with van der Waals surface area (Å²) in [5.74, 6) is -1.66. The molecule has 4 nitrogen and oxygen atoms in total. The van der Waals surface area contributed by atoms with Crippen LogP contribution >= 0.6 is 0 Å². The molecule has 0 unspecified atom stereocenters. The third-order valence-electron chi connectivity index (χ3n) is 1.99. The number of carboxylic acid groups (broad SMARTS) is 1. The monoisotopic (exact) mass is 233 g/mol. The zero-order valence-corrected chi connectivity index (χ0v) is 8.63. The van der Waals surface area contributed by atoms with Crippen LogP contribution < -0.4 is 4.74 Å². The van der Waals surface area contributed by atoms with E-state index in [1.807, 2.05) is 0 Å². The number of aromatic nitrogens is 1. The lowest BCUT2D eigenvalue weighted by molar-refractivity contribution is 0.0689. The van der Waals surface area contributed by atoms with Gasteiger partial charge in [-0.05, 0) is 18.2 Å². The van der Waals surface area contributed by atoms with Crippen molar-refractivity contribution in [3.8, 4) is 11.6 Å². The molecule has 0 aliphatic carbocycles. The number of carbonyl (C=O) groups is 1. The number of hydrogen-bond donors (Lipinski definition) is 1.